The van der Waals surface area contributed by atoms with Crippen LogP contribution in [0.1, 0.15) is 32.1 Å². The fourth-order valence-electron chi connectivity index (χ4n) is 6.60. The van der Waals surface area contributed by atoms with E-state index in [4.69, 9.17) is 11.5 Å². The third kappa shape index (κ3) is 1.47. The lowest BCUT2D eigenvalue weighted by Gasteiger charge is -2.48. The van der Waals surface area contributed by atoms with Crippen molar-refractivity contribution in [3.63, 3.8) is 0 Å². The van der Waals surface area contributed by atoms with Crippen LogP contribution in [0.5, 0.6) is 0 Å². The van der Waals surface area contributed by atoms with Gasteiger partial charge in [0.05, 0.1) is 11.3 Å². The van der Waals surface area contributed by atoms with Crippen LogP contribution in [0.15, 0.2) is 0 Å². The normalized spacial score (nSPS) is 48.5. The molecule has 1 aliphatic heterocycles. The molecule has 1 saturated heterocycles. The van der Waals surface area contributed by atoms with Crippen LogP contribution >= 0.6 is 0 Å². The Hall–Kier alpha value is -1.17. The summed E-state index contributed by atoms with van der Waals surface area (Å²) in [4.78, 5) is 24.9. The van der Waals surface area contributed by atoms with E-state index >= 15 is 0 Å². The van der Waals surface area contributed by atoms with Gasteiger partial charge in [-0.1, -0.05) is 0 Å². The second-order valence-corrected chi connectivity index (χ2v) is 7.76. The topological polar surface area (TPSA) is 98.2 Å². The van der Waals surface area contributed by atoms with Crippen LogP contribution in [-0.4, -0.2) is 31.1 Å². The molecule has 0 aromatic carbocycles. The number of nitrogens with two attached hydrogens (primary N) is 2. The van der Waals surface area contributed by atoms with Gasteiger partial charge in [-0.05, 0) is 55.9 Å². The molecular weight excluding hydrogens is 285 g/mol. The molecule has 3 aliphatic carbocycles. The van der Waals surface area contributed by atoms with Crippen molar-refractivity contribution in [1.82, 2.24) is 5.32 Å². The average molecular weight is 309 g/mol. The zero-order valence-electron chi connectivity index (χ0n) is 12.7. The highest BCUT2D eigenvalue weighted by Gasteiger charge is 2.79. The number of carbonyl (C=O) groups excluding carboxylic acids is 2. The molecule has 1 spiro atoms. The predicted octanol–water partition coefficient (Wildman–Crippen LogP) is 0.327. The summed E-state index contributed by atoms with van der Waals surface area (Å²) in [5, 5.41) is 3.03. The summed E-state index contributed by atoms with van der Waals surface area (Å²) in [5.74, 6) is -1.83. The van der Waals surface area contributed by atoms with Crippen molar-refractivity contribution in [3.8, 4) is 0 Å². The number of carbonyl (C=O) groups is 2. The Kier molecular flexibility index (Phi) is 2.91. The zero-order chi connectivity index (χ0) is 15.7. The summed E-state index contributed by atoms with van der Waals surface area (Å²) >= 11 is 0. The molecule has 5 N–H and O–H groups in total. The maximum atomic E-state index is 14.7. The maximum Gasteiger partial charge on any atom is 0.225 e. The van der Waals surface area contributed by atoms with Gasteiger partial charge in [-0.15, -0.1) is 0 Å². The molecule has 4 aliphatic rings. The molecule has 2 amide bonds. The van der Waals surface area contributed by atoms with Crippen molar-refractivity contribution in [2.75, 3.05) is 13.1 Å². The van der Waals surface area contributed by atoms with Gasteiger partial charge in [0.15, 0.2) is 0 Å². The first-order valence-electron chi connectivity index (χ1n) is 8.40. The van der Waals surface area contributed by atoms with E-state index in [1.165, 1.54) is 0 Å². The predicted molar refractivity (Wildman–Crippen MR) is 78.1 cm³/mol. The molecule has 0 aromatic heterocycles. The van der Waals surface area contributed by atoms with Crippen LogP contribution in [0, 0.1) is 34.5 Å². The molecule has 4 unspecified atom stereocenters. The van der Waals surface area contributed by atoms with E-state index in [1.54, 1.807) is 0 Å². The Morgan fingerprint density at radius 3 is 2.36 bits per heavy atom. The number of halogens is 1. The quantitative estimate of drug-likeness (QED) is 0.700. The van der Waals surface area contributed by atoms with Gasteiger partial charge in [0.25, 0.3) is 0 Å². The summed E-state index contributed by atoms with van der Waals surface area (Å²) in [7, 11) is 0. The van der Waals surface area contributed by atoms with Crippen LogP contribution in [0.4, 0.5) is 4.39 Å². The molecule has 2 bridgehead atoms. The van der Waals surface area contributed by atoms with Crippen molar-refractivity contribution in [2.45, 2.75) is 38.3 Å². The standard InChI is InChI=1S/C16H24FN3O2/c17-10-7-20-6-3-8(10)16(14(19)22)11-2-1-9(12(16)13(18)21)15(11)4-5-15/h8-12,20H,1-7H2,(H2,18,21)(H2,19,22)/t8-,9?,10-,11?,12?,16?/m1/s1. The van der Waals surface area contributed by atoms with Crippen LogP contribution in [-0.2, 0) is 9.59 Å². The van der Waals surface area contributed by atoms with Gasteiger partial charge in [-0.3, -0.25) is 9.59 Å². The third-order valence-corrected chi connectivity index (χ3v) is 7.27. The lowest BCUT2D eigenvalue weighted by molar-refractivity contribution is -0.152. The molecule has 3 saturated carbocycles. The van der Waals surface area contributed by atoms with Gasteiger partial charge in [0, 0.05) is 12.5 Å². The van der Waals surface area contributed by atoms with Crippen LogP contribution < -0.4 is 16.8 Å². The van der Waals surface area contributed by atoms with Gasteiger partial charge >= 0.3 is 0 Å². The number of hydrogen-bond donors (Lipinski definition) is 3. The fourth-order valence-corrected chi connectivity index (χ4v) is 6.60. The van der Waals surface area contributed by atoms with Gasteiger partial charge in [-0.2, -0.15) is 0 Å². The smallest absolute Gasteiger partial charge is 0.225 e. The number of rotatable bonds is 3. The number of primary amides is 2. The van der Waals surface area contributed by atoms with Crippen molar-refractivity contribution in [3.05, 3.63) is 0 Å². The lowest BCUT2D eigenvalue weighted by atomic mass is 9.56. The Bertz CT molecular complexity index is 535. The molecule has 6 heteroatoms. The number of amides is 2. The summed E-state index contributed by atoms with van der Waals surface area (Å²) in [6, 6.07) is 0. The van der Waals surface area contributed by atoms with Crippen molar-refractivity contribution in [1.29, 1.82) is 0 Å². The van der Waals surface area contributed by atoms with Gasteiger partial charge < -0.3 is 16.8 Å². The van der Waals surface area contributed by atoms with Crippen LogP contribution in [0.25, 0.3) is 0 Å². The molecule has 5 nitrogen and oxygen atoms in total. The van der Waals surface area contributed by atoms with E-state index in [0.717, 1.165) is 25.7 Å². The molecule has 0 aromatic rings. The van der Waals surface area contributed by atoms with Gasteiger partial charge in [-0.25, -0.2) is 4.39 Å². The Balaban J connectivity index is 1.86. The van der Waals surface area contributed by atoms with E-state index in [9.17, 15) is 14.0 Å². The van der Waals surface area contributed by atoms with E-state index in [0.29, 0.717) is 13.0 Å². The van der Waals surface area contributed by atoms with Crippen molar-refractivity contribution >= 4 is 11.8 Å². The van der Waals surface area contributed by atoms with Gasteiger partial charge in [0.2, 0.25) is 11.8 Å². The highest BCUT2D eigenvalue weighted by atomic mass is 19.1. The van der Waals surface area contributed by atoms with E-state index < -0.39 is 35.2 Å². The second-order valence-electron chi connectivity index (χ2n) is 7.76. The minimum atomic E-state index is -1.14. The molecule has 4 rings (SSSR count). The van der Waals surface area contributed by atoms with Crippen molar-refractivity contribution in [2.24, 2.45) is 46.0 Å². The third-order valence-electron chi connectivity index (χ3n) is 7.27. The first kappa shape index (κ1) is 14.4. The fraction of sp³-hybridized carbons (Fsp3) is 0.875. The number of nitrogens with one attached hydrogen (secondary N) is 1. The molecule has 0 radical (unpaired) electrons. The van der Waals surface area contributed by atoms with E-state index in [-0.39, 0.29) is 23.8 Å². The SMILES string of the molecule is NC(=O)C1C2CCC(C23CC3)C1(C(N)=O)[C@@H]1CCNC[C@H]1F. The minimum Gasteiger partial charge on any atom is -0.369 e. The van der Waals surface area contributed by atoms with Crippen LogP contribution in [0.2, 0.25) is 0 Å². The molecule has 122 valence electrons. The molecule has 1 heterocycles. The Morgan fingerprint density at radius 2 is 1.82 bits per heavy atom. The summed E-state index contributed by atoms with van der Waals surface area (Å²) < 4.78 is 14.7. The zero-order valence-corrected chi connectivity index (χ0v) is 12.7. The summed E-state index contributed by atoms with van der Waals surface area (Å²) in [5.41, 5.74) is 10.5. The Morgan fingerprint density at radius 1 is 1.09 bits per heavy atom. The van der Waals surface area contributed by atoms with E-state index in [2.05, 4.69) is 5.32 Å². The first-order chi connectivity index (χ1) is 10.5. The highest BCUT2D eigenvalue weighted by molar-refractivity contribution is 5.91. The maximum absolute atomic E-state index is 14.7. The minimum absolute atomic E-state index is 0.0410. The number of piperidine rings is 1. The van der Waals surface area contributed by atoms with Gasteiger partial charge in [0.1, 0.15) is 6.17 Å². The Labute approximate surface area is 129 Å². The monoisotopic (exact) mass is 309 g/mol. The molecule has 4 fully saturated rings. The summed E-state index contributed by atoms with van der Waals surface area (Å²) in [6.45, 7) is 0.894. The lowest BCUT2D eigenvalue weighted by Crippen LogP contribution is -2.60. The molecule has 6 atom stereocenters. The average Bonchev–Trinajstić information content (AvgIpc) is 3.13. The first-order valence-corrected chi connectivity index (χ1v) is 8.40. The summed E-state index contributed by atoms with van der Waals surface area (Å²) in [6.07, 6.45) is 3.28. The van der Waals surface area contributed by atoms with Crippen LogP contribution in [0.3, 0.4) is 0 Å². The second kappa shape index (κ2) is 4.43. The molecular formula is C16H24FN3O2. The number of hydrogen-bond acceptors (Lipinski definition) is 3. The highest BCUT2D eigenvalue weighted by Crippen LogP contribution is 2.79. The van der Waals surface area contributed by atoms with E-state index in [1.807, 2.05) is 0 Å². The largest absolute Gasteiger partial charge is 0.369 e. The number of alkyl halides is 1. The molecule has 22 heavy (non-hydrogen) atoms. The van der Waals surface area contributed by atoms with Crippen molar-refractivity contribution < 1.29 is 14.0 Å².